The Balaban J connectivity index is 1.76. The monoisotopic (exact) mass is 433 g/mol. The Morgan fingerprint density at radius 1 is 1.10 bits per heavy atom. The number of hydrogen-bond donors (Lipinski definition) is 1. The van der Waals surface area contributed by atoms with Gasteiger partial charge in [0.2, 0.25) is 0 Å². The van der Waals surface area contributed by atoms with E-state index in [9.17, 15) is 14.9 Å². The van der Waals surface area contributed by atoms with Gasteiger partial charge in [0.05, 0.1) is 11.1 Å². The molecule has 1 N–H and O–H groups in total. The van der Waals surface area contributed by atoms with Crippen molar-refractivity contribution in [3.63, 3.8) is 0 Å². The number of nitrogens with zero attached hydrogens (tertiary/aromatic N) is 2. The van der Waals surface area contributed by atoms with Crippen molar-refractivity contribution in [2.24, 2.45) is 0 Å². The number of benzene rings is 2. The molecule has 0 fully saturated rings. The van der Waals surface area contributed by atoms with Crippen LogP contribution >= 0.6 is 22.9 Å². The Hall–Kier alpha value is -3.91. The standard InChI is InChI=1S/C22H12ClN3O3S/c23-18-6-4-15(5-7-18)22(28)29-19-3-1-2-14(11-19)10-17(13-25)20(27)26-21-16(12-24)8-9-30-21/h1-11H,(H,26,27)/b17-10+. The van der Waals surface area contributed by atoms with Crippen molar-refractivity contribution in [1.29, 1.82) is 10.5 Å². The molecule has 1 amide bonds. The van der Waals surface area contributed by atoms with Gasteiger partial charge in [0.25, 0.3) is 5.91 Å². The fourth-order valence-corrected chi connectivity index (χ4v) is 3.26. The molecule has 0 spiro atoms. The zero-order chi connectivity index (χ0) is 21.5. The Kier molecular flexibility index (Phi) is 6.61. The van der Waals surface area contributed by atoms with Crippen LogP contribution in [0.2, 0.25) is 5.02 Å². The molecule has 0 saturated carbocycles. The van der Waals surface area contributed by atoms with Gasteiger partial charge in [-0.05, 0) is 59.5 Å². The van der Waals surface area contributed by atoms with Gasteiger partial charge in [0.1, 0.15) is 28.5 Å². The quantitative estimate of drug-likeness (QED) is 0.263. The van der Waals surface area contributed by atoms with Crippen molar-refractivity contribution in [2.75, 3.05) is 5.32 Å². The van der Waals surface area contributed by atoms with Crippen LogP contribution in [-0.2, 0) is 4.79 Å². The molecule has 0 unspecified atom stereocenters. The van der Waals surface area contributed by atoms with Crippen LogP contribution in [0, 0.1) is 22.7 Å². The number of hydrogen-bond acceptors (Lipinski definition) is 6. The summed E-state index contributed by atoms with van der Waals surface area (Å²) in [6.45, 7) is 0. The van der Waals surface area contributed by atoms with E-state index in [1.165, 1.54) is 23.5 Å². The lowest BCUT2D eigenvalue weighted by atomic mass is 10.1. The summed E-state index contributed by atoms with van der Waals surface area (Å²) in [6.07, 6.45) is 1.37. The average Bonchev–Trinajstić information content (AvgIpc) is 3.19. The van der Waals surface area contributed by atoms with Crippen LogP contribution < -0.4 is 10.1 Å². The number of carbonyl (C=O) groups is 2. The summed E-state index contributed by atoms with van der Waals surface area (Å²) in [5, 5.41) is 23.5. The fourth-order valence-electron chi connectivity index (χ4n) is 2.40. The summed E-state index contributed by atoms with van der Waals surface area (Å²) in [5.41, 5.74) is 0.992. The number of anilines is 1. The number of ether oxygens (including phenoxy) is 1. The smallest absolute Gasteiger partial charge is 0.343 e. The van der Waals surface area contributed by atoms with Gasteiger partial charge in [0, 0.05) is 5.02 Å². The van der Waals surface area contributed by atoms with Crippen molar-refractivity contribution < 1.29 is 14.3 Å². The summed E-state index contributed by atoms with van der Waals surface area (Å²) in [6, 6.07) is 18.1. The summed E-state index contributed by atoms with van der Waals surface area (Å²) in [4.78, 5) is 24.6. The third-order valence-electron chi connectivity index (χ3n) is 3.84. The molecule has 30 heavy (non-hydrogen) atoms. The Morgan fingerprint density at radius 3 is 2.57 bits per heavy atom. The van der Waals surface area contributed by atoms with Gasteiger partial charge < -0.3 is 10.1 Å². The maximum atomic E-state index is 12.4. The van der Waals surface area contributed by atoms with Crippen LogP contribution in [0.1, 0.15) is 21.5 Å². The molecule has 1 heterocycles. The summed E-state index contributed by atoms with van der Waals surface area (Å²) in [5.74, 6) is -0.945. The van der Waals surface area contributed by atoms with E-state index in [0.29, 0.717) is 26.7 Å². The molecule has 0 aliphatic carbocycles. The average molecular weight is 434 g/mol. The van der Waals surface area contributed by atoms with E-state index >= 15 is 0 Å². The molecule has 2 aromatic carbocycles. The number of thiophene rings is 1. The zero-order valence-electron chi connectivity index (χ0n) is 15.3. The van der Waals surface area contributed by atoms with Gasteiger partial charge in [-0.15, -0.1) is 11.3 Å². The molecule has 3 aromatic rings. The largest absolute Gasteiger partial charge is 0.423 e. The minimum Gasteiger partial charge on any atom is -0.423 e. The lowest BCUT2D eigenvalue weighted by Gasteiger charge is -2.06. The highest BCUT2D eigenvalue weighted by atomic mass is 35.5. The second-order valence-corrected chi connectivity index (χ2v) is 7.22. The number of amides is 1. The molecule has 1 aromatic heterocycles. The number of carbonyl (C=O) groups excluding carboxylic acids is 2. The number of esters is 1. The molecule has 6 nitrogen and oxygen atoms in total. The third kappa shape index (κ3) is 5.12. The van der Waals surface area contributed by atoms with Crippen LogP contribution in [0.3, 0.4) is 0 Å². The van der Waals surface area contributed by atoms with E-state index in [4.69, 9.17) is 21.6 Å². The van der Waals surface area contributed by atoms with Crippen molar-refractivity contribution in [1.82, 2.24) is 0 Å². The number of rotatable bonds is 5. The predicted molar refractivity (Wildman–Crippen MR) is 114 cm³/mol. The minimum atomic E-state index is -0.639. The molecular weight excluding hydrogens is 422 g/mol. The lowest BCUT2D eigenvalue weighted by molar-refractivity contribution is -0.112. The highest BCUT2D eigenvalue weighted by Crippen LogP contribution is 2.23. The Labute approximate surface area is 181 Å². The maximum Gasteiger partial charge on any atom is 0.343 e. The molecule has 0 radical (unpaired) electrons. The molecule has 0 atom stereocenters. The van der Waals surface area contributed by atoms with Crippen LogP contribution in [0.4, 0.5) is 5.00 Å². The first-order valence-electron chi connectivity index (χ1n) is 8.48. The van der Waals surface area contributed by atoms with Gasteiger partial charge in [-0.25, -0.2) is 4.79 Å². The predicted octanol–water partition coefficient (Wildman–Crippen LogP) is 5.04. The first kappa shape index (κ1) is 20.8. The molecule has 0 aliphatic heterocycles. The van der Waals surface area contributed by atoms with Crippen molar-refractivity contribution in [2.45, 2.75) is 0 Å². The second-order valence-electron chi connectivity index (χ2n) is 5.87. The SMILES string of the molecule is N#C/C(=C\c1cccc(OC(=O)c2ccc(Cl)cc2)c1)C(=O)Nc1sccc1C#N. The van der Waals surface area contributed by atoms with E-state index < -0.39 is 11.9 Å². The van der Waals surface area contributed by atoms with Crippen molar-refractivity contribution in [3.8, 4) is 17.9 Å². The van der Waals surface area contributed by atoms with Gasteiger partial charge in [-0.1, -0.05) is 23.7 Å². The molecule has 0 saturated heterocycles. The topological polar surface area (TPSA) is 103 Å². The van der Waals surface area contributed by atoms with E-state index in [2.05, 4.69) is 5.32 Å². The lowest BCUT2D eigenvalue weighted by Crippen LogP contribution is -2.13. The number of nitrogens with one attached hydrogen (secondary N) is 1. The molecular formula is C22H12ClN3O3S. The van der Waals surface area contributed by atoms with Crippen molar-refractivity contribution >= 4 is 45.9 Å². The first-order chi connectivity index (χ1) is 14.5. The maximum absolute atomic E-state index is 12.4. The summed E-state index contributed by atoms with van der Waals surface area (Å²) < 4.78 is 5.34. The van der Waals surface area contributed by atoms with Gasteiger partial charge >= 0.3 is 5.97 Å². The fraction of sp³-hybridized carbons (Fsp3) is 0. The van der Waals surface area contributed by atoms with Gasteiger partial charge in [-0.3, -0.25) is 4.79 Å². The van der Waals surface area contributed by atoms with Crippen molar-refractivity contribution in [3.05, 3.63) is 87.3 Å². The van der Waals surface area contributed by atoms with Gasteiger partial charge in [-0.2, -0.15) is 10.5 Å². The zero-order valence-corrected chi connectivity index (χ0v) is 16.8. The highest BCUT2D eigenvalue weighted by molar-refractivity contribution is 7.14. The molecule has 146 valence electrons. The Morgan fingerprint density at radius 2 is 1.87 bits per heavy atom. The number of halogens is 1. The highest BCUT2D eigenvalue weighted by Gasteiger charge is 2.14. The Bertz CT molecular complexity index is 1220. The third-order valence-corrected chi connectivity index (χ3v) is 4.92. The van der Waals surface area contributed by atoms with E-state index in [0.717, 1.165) is 0 Å². The van der Waals surface area contributed by atoms with Crippen LogP contribution in [0.15, 0.2) is 65.6 Å². The minimum absolute atomic E-state index is 0.159. The summed E-state index contributed by atoms with van der Waals surface area (Å²) >= 11 is 7.00. The van der Waals surface area contributed by atoms with Crippen LogP contribution in [0.25, 0.3) is 6.08 Å². The van der Waals surface area contributed by atoms with Crippen LogP contribution in [0.5, 0.6) is 5.75 Å². The van der Waals surface area contributed by atoms with E-state index in [1.54, 1.807) is 53.9 Å². The summed E-state index contributed by atoms with van der Waals surface area (Å²) in [7, 11) is 0. The second kappa shape index (κ2) is 9.53. The molecule has 8 heteroatoms. The molecule has 0 bridgehead atoms. The van der Waals surface area contributed by atoms with Gasteiger partial charge in [0.15, 0.2) is 0 Å². The molecule has 3 rings (SSSR count). The normalized spacial score (nSPS) is 10.6. The van der Waals surface area contributed by atoms with E-state index in [1.807, 2.05) is 12.1 Å². The van der Waals surface area contributed by atoms with Crippen LogP contribution in [-0.4, -0.2) is 11.9 Å². The first-order valence-corrected chi connectivity index (χ1v) is 9.74. The number of nitriles is 2. The van der Waals surface area contributed by atoms with E-state index in [-0.39, 0.29) is 11.3 Å². The molecule has 0 aliphatic rings.